The molecule has 2 aliphatic rings. The third-order valence-electron chi connectivity index (χ3n) is 4.58. The maximum absolute atomic E-state index is 13.2. The van der Waals surface area contributed by atoms with Crippen molar-refractivity contribution in [2.45, 2.75) is 19.4 Å². The minimum absolute atomic E-state index is 0. The quantitative estimate of drug-likeness (QED) is 0.892. The number of amides is 2. The number of hydrogen-bond acceptors (Lipinski definition) is 3. The number of hydrogen-bond donors (Lipinski definition) is 1. The number of piperidine rings is 1. The number of piperazine rings is 1. The maximum atomic E-state index is 13.2. The molecule has 5 nitrogen and oxygen atoms in total. The Morgan fingerprint density at radius 3 is 2.67 bits per heavy atom. The van der Waals surface area contributed by atoms with Crippen LogP contribution in [0.3, 0.4) is 0 Å². The van der Waals surface area contributed by atoms with Crippen LogP contribution in [0.2, 0.25) is 0 Å². The van der Waals surface area contributed by atoms with Gasteiger partial charge in [0.25, 0.3) is 0 Å². The fraction of sp³-hybridized carbons (Fsp3) is 0.529. The van der Waals surface area contributed by atoms with Crippen molar-refractivity contribution in [3.8, 4) is 0 Å². The number of rotatable bonds is 3. The van der Waals surface area contributed by atoms with Gasteiger partial charge in [-0.1, -0.05) is 12.1 Å². The highest BCUT2D eigenvalue weighted by Crippen LogP contribution is 2.18. The molecule has 0 unspecified atom stereocenters. The Morgan fingerprint density at radius 1 is 1.25 bits per heavy atom. The molecule has 1 aromatic rings. The summed E-state index contributed by atoms with van der Waals surface area (Å²) >= 11 is 0. The van der Waals surface area contributed by atoms with Crippen LogP contribution in [0.15, 0.2) is 24.3 Å². The average Bonchev–Trinajstić information content (AvgIpc) is 2.57. The molecule has 24 heavy (non-hydrogen) atoms. The molecule has 2 fully saturated rings. The first-order valence-electron chi connectivity index (χ1n) is 8.15. The summed E-state index contributed by atoms with van der Waals surface area (Å²) < 4.78 is 13.2. The van der Waals surface area contributed by atoms with E-state index in [4.69, 9.17) is 0 Å². The van der Waals surface area contributed by atoms with Crippen molar-refractivity contribution in [1.29, 1.82) is 0 Å². The molecular formula is C17H23ClFN3O2. The molecule has 3 rings (SSSR count). The number of carbonyl (C=O) groups is 2. The standard InChI is InChI=1S/C17H22FN3O2.ClH/c18-15-3-1-2-13(10-15)11-20-8-9-21(12-16(20)22)17(23)14-4-6-19-7-5-14;/h1-3,10,14,19H,4-9,11-12H2;1H. The first-order chi connectivity index (χ1) is 11.1. The minimum Gasteiger partial charge on any atom is -0.335 e. The van der Waals surface area contributed by atoms with Crippen LogP contribution in [0, 0.1) is 11.7 Å². The molecule has 0 atom stereocenters. The summed E-state index contributed by atoms with van der Waals surface area (Å²) in [6.07, 6.45) is 1.69. The van der Waals surface area contributed by atoms with E-state index in [0.29, 0.717) is 19.6 Å². The number of halogens is 2. The zero-order chi connectivity index (χ0) is 16.2. The summed E-state index contributed by atoms with van der Waals surface area (Å²) in [6.45, 7) is 3.33. The van der Waals surface area contributed by atoms with Gasteiger partial charge in [0.2, 0.25) is 11.8 Å². The van der Waals surface area contributed by atoms with Crippen LogP contribution in [0.25, 0.3) is 0 Å². The molecule has 2 heterocycles. The van der Waals surface area contributed by atoms with Gasteiger partial charge in [-0.2, -0.15) is 0 Å². The molecule has 0 aromatic heterocycles. The van der Waals surface area contributed by atoms with E-state index < -0.39 is 0 Å². The predicted molar refractivity (Wildman–Crippen MR) is 91.2 cm³/mol. The molecule has 2 amide bonds. The molecule has 1 N–H and O–H groups in total. The van der Waals surface area contributed by atoms with Crippen LogP contribution in [0.5, 0.6) is 0 Å². The molecule has 0 bridgehead atoms. The van der Waals surface area contributed by atoms with E-state index in [9.17, 15) is 14.0 Å². The van der Waals surface area contributed by atoms with Crippen LogP contribution in [-0.4, -0.2) is 54.3 Å². The van der Waals surface area contributed by atoms with E-state index in [2.05, 4.69) is 5.32 Å². The normalized spacial score (nSPS) is 19.1. The van der Waals surface area contributed by atoms with Crippen molar-refractivity contribution < 1.29 is 14.0 Å². The van der Waals surface area contributed by atoms with Crippen molar-refractivity contribution in [2.24, 2.45) is 5.92 Å². The van der Waals surface area contributed by atoms with Crippen LogP contribution < -0.4 is 5.32 Å². The Balaban J connectivity index is 0.00000208. The molecule has 132 valence electrons. The second-order valence-corrected chi connectivity index (χ2v) is 6.23. The third kappa shape index (κ3) is 4.45. The zero-order valence-corrected chi connectivity index (χ0v) is 14.4. The van der Waals surface area contributed by atoms with E-state index in [1.165, 1.54) is 12.1 Å². The highest BCUT2D eigenvalue weighted by atomic mass is 35.5. The number of benzene rings is 1. The van der Waals surface area contributed by atoms with Gasteiger partial charge in [-0.15, -0.1) is 12.4 Å². The highest BCUT2D eigenvalue weighted by molar-refractivity contribution is 5.87. The van der Waals surface area contributed by atoms with Crippen molar-refractivity contribution in [3.05, 3.63) is 35.6 Å². The summed E-state index contributed by atoms with van der Waals surface area (Å²) in [4.78, 5) is 28.2. The Kier molecular flexibility index (Phi) is 6.57. The largest absolute Gasteiger partial charge is 0.335 e. The van der Waals surface area contributed by atoms with Gasteiger partial charge in [-0.25, -0.2) is 4.39 Å². The van der Waals surface area contributed by atoms with Gasteiger partial charge in [-0.3, -0.25) is 9.59 Å². The predicted octanol–water partition coefficient (Wildman–Crippen LogP) is 1.42. The molecule has 0 saturated carbocycles. The molecule has 7 heteroatoms. The van der Waals surface area contributed by atoms with Crippen molar-refractivity contribution in [3.63, 3.8) is 0 Å². The van der Waals surface area contributed by atoms with Crippen LogP contribution in [0.1, 0.15) is 18.4 Å². The van der Waals surface area contributed by atoms with Gasteiger partial charge in [0.15, 0.2) is 0 Å². The molecule has 2 aliphatic heterocycles. The first kappa shape index (κ1) is 18.7. The number of nitrogens with one attached hydrogen (secondary N) is 1. The van der Waals surface area contributed by atoms with Crippen LogP contribution in [-0.2, 0) is 16.1 Å². The average molecular weight is 356 g/mol. The van der Waals surface area contributed by atoms with Crippen molar-refractivity contribution in [2.75, 3.05) is 32.7 Å². The van der Waals surface area contributed by atoms with Gasteiger partial charge in [0.1, 0.15) is 5.82 Å². The molecule has 0 aliphatic carbocycles. The summed E-state index contributed by atoms with van der Waals surface area (Å²) in [6, 6.07) is 6.29. The molecule has 1 aromatic carbocycles. The Hall–Kier alpha value is -1.66. The van der Waals surface area contributed by atoms with Gasteiger partial charge in [0.05, 0.1) is 6.54 Å². The Bertz CT molecular complexity index is 593. The second kappa shape index (κ2) is 8.44. The Morgan fingerprint density at radius 2 is 2.00 bits per heavy atom. The van der Waals surface area contributed by atoms with Crippen LogP contribution >= 0.6 is 12.4 Å². The minimum atomic E-state index is -0.297. The van der Waals surface area contributed by atoms with Gasteiger partial charge < -0.3 is 15.1 Å². The van der Waals surface area contributed by atoms with E-state index in [-0.39, 0.29) is 42.5 Å². The van der Waals surface area contributed by atoms with Crippen molar-refractivity contribution >= 4 is 24.2 Å². The van der Waals surface area contributed by atoms with Crippen molar-refractivity contribution in [1.82, 2.24) is 15.1 Å². The lowest BCUT2D eigenvalue weighted by atomic mass is 9.96. The maximum Gasteiger partial charge on any atom is 0.242 e. The SMILES string of the molecule is Cl.O=C1CN(C(=O)C2CCNCC2)CCN1Cc1cccc(F)c1. The highest BCUT2D eigenvalue weighted by Gasteiger charge is 2.31. The fourth-order valence-electron chi connectivity index (χ4n) is 3.25. The van der Waals surface area contributed by atoms with Crippen LogP contribution in [0.4, 0.5) is 4.39 Å². The van der Waals surface area contributed by atoms with E-state index in [0.717, 1.165) is 31.5 Å². The lowest BCUT2D eigenvalue weighted by Crippen LogP contribution is -2.53. The summed E-state index contributed by atoms with van der Waals surface area (Å²) in [5.41, 5.74) is 0.775. The summed E-state index contributed by atoms with van der Waals surface area (Å²) in [7, 11) is 0. The van der Waals surface area contributed by atoms with E-state index in [1.54, 1.807) is 15.9 Å². The smallest absolute Gasteiger partial charge is 0.242 e. The summed E-state index contributed by atoms with van der Waals surface area (Å²) in [5.74, 6) is -0.221. The second-order valence-electron chi connectivity index (χ2n) is 6.23. The monoisotopic (exact) mass is 355 g/mol. The molecule has 2 saturated heterocycles. The topological polar surface area (TPSA) is 52.7 Å². The van der Waals surface area contributed by atoms with E-state index >= 15 is 0 Å². The van der Waals surface area contributed by atoms with Gasteiger partial charge in [0, 0.05) is 25.6 Å². The first-order valence-corrected chi connectivity index (χ1v) is 8.15. The lowest BCUT2D eigenvalue weighted by Gasteiger charge is -2.36. The number of nitrogens with zero attached hydrogens (tertiary/aromatic N) is 2. The molecule has 0 radical (unpaired) electrons. The lowest BCUT2D eigenvalue weighted by molar-refractivity contribution is -0.148. The summed E-state index contributed by atoms with van der Waals surface area (Å²) in [5, 5.41) is 3.24. The Labute approximate surface area is 147 Å². The molecular weight excluding hydrogens is 333 g/mol. The van der Waals surface area contributed by atoms with Gasteiger partial charge in [-0.05, 0) is 43.6 Å². The van der Waals surface area contributed by atoms with Gasteiger partial charge >= 0.3 is 0 Å². The third-order valence-corrected chi connectivity index (χ3v) is 4.58. The molecule has 0 spiro atoms. The number of carbonyl (C=O) groups excluding carboxylic acids is 2. The van der Waals surface area contributed by atoms with E-state index in [1.807, 2.05) is 6.07 Å². The fourth-order valence-corrected chi connectivity index (χ4v) is 3.25. The zero-order valence-electron chi connectivity index (χ0n) is 13.5.